The fourth-order valence-electron chi connectivity index (χ4n) is 4.34. The molecular weight excluding hydrogens is 250 g/mol. The molecule has 0 spiro atoms. The third kappa shape index (κ3) is 2.39. The van der Waals surface area contributed by atoms with Crippen molar-refractivity contribution in [2.24, 2.45) is 17.8 Å². The van der Waals surface area contributed by atoms with Crippen LogP contribution in [0.15, 0.2) is 18.2 Å². The monoisotopic (exact) mass is 275 g/mol. The Morgan fingerprint density at radius 2 is 1.75 bits per heavy atom. The van der Waals surface area contributed by atoms with Crippen LogP contribution in [-0.4, -0.2) is 21.3 Å². The number of methoxy groups -OCH3 is 2. The fraction of sp³-hybridized carbons (Fsp3) is 0.647. The first-order chi connectivity index (χ1) is 9.75. The number of ether oxygens (including phenoxy) is 2. The lowest BCUT2D eigenvalue weighted by Crippen LogP contribution is -2.29. The maximum absolute atomic E-state index is 5.41. The van der Waals surface area contributed by atoms with Crippen molar-refractivity contribution < 1.29 is 9.47 Å². The van der Waals surface area contributed by atoms with Crippen molar-refractivity contribution in [3.63, 3.8) is 0 Å². The van der Waals surface area contributed by atoms with E-state index in [4.69, 9.17) is 9.47 Å². The molecule has 2 bridgehead atoms. The first-order valence-corrected chi connectivity index (χ1v) is 7.65. The summed E-state index contributed by atoms with van der Waals surface area (Å²) in [6, 6.07) is 6.65. The summed E-state index contributed by atoms with van der Waals surface area (Å²) in [5, 5.41) is 3.54. The molecule has 0 heterocycles. The molecule has 3 heteroatoms. The minimum Gasteiger partial charge on any atom is -0.497 e. The average Bonchev–Trinajstić information content (AvgIpc) is 3.10. The second-order valence-corrected chi connectivity index (χ2v) is 6.25. The number of nitrogens with one attached hydrogen (secondary N) is 1. The van der Waals surface area contributed by atoms with Gasteiger partial charge in [-0.1, -0.05) is 6.42 Å². The Balaban J connectivity index is 1.88. The Morgan fingerprint density at radius 3 is 2.20 bits per heavy atom. The van der Waals surface area contributed by atoms with Crippen LogP contribution >= 0.6 is 0 Å². The van der Waals surface area contributed by atoms with E-state index in [1.165, 1.54) is 31.2 Å². The molecule has 4 unspecified atom stereocenters. The smallest absolute Gasteiger partial charge is 0.122 e. The van der Waals surface area contributed by atoms with E-state index in [2.05, 4.69) is 24.5 Å². The minimum absolute atomic E-state index is 0.411. The number of rotatable bonds is 5. The van der Waals surface area contributed by atoms with Gasteiger partial charge in [-0.2, -0.15) is 0 Å². The SMILES string of the molecule is CNC(c1cc(OC)cc(OC)c1)C1CC2CCC1C2. The summed E-state index contributed by atoms with van der Waals surface area (Å²) in [7, 11) is 5.50. The Bertz CT molecular complexity index is 452. The van der Waals surface area contributed by atoms with Crippen molar-refractivity contribution >= 4 is 0 Å². The third-order valence-corrected chi connectivity index (χ3v) is 5.26. The highest BCUT2D eigenvalue weighted by molar-refractivity contribution is 5.40. The lowest BCUT2D eigenvalue weighted by atomic mass is 9.80. The Hall–Kier alpha value is -1.22. The van der Waals surface area contributed by atoms with Gasteiger partial charge in [0.15, 0.2) is 0 Å². The first kappa shape index (κ1) is 13.7. The molecule has 0 aliphatic heterocycles. The van der Waals surface area contributed by atoms with Crippen LogP contribution in [0.4, 0.5) is 0 Å². The molecule has 20 heavy (non-hydrogen) atoms. The van der Waals surface area contributed by atoms with E-state index < -0.39 is 0 Å². The van der Waals surface area contributed by atoms with Crippen molar-refractivity contribution in [3.05, 3.63) is 23.8 Å². The van der Waals surface area contributed by atoms with Gasteiger partial charge in [0, 0.05) is 12.1 Å². The van der Waals surface area contributed by atoms with Crippen molar-refractivity contribution in [1.82, 2.24) is 5.32 Å². The van der Waals surface area contributed by atoms with Crippen molar-refractivity contribution in [2.45, 2.75) is 31.7 Å². The van der Waals surface area contributed by atoms with Gasteiger partial charge in [0.2, 0.25) is 0 Å². The topological polar surface area (TPSA) is 30.5 Å². The van der Waals surface area contributed by atoms with Crippen LogP contribution in [0.5, 0.6) is 11.5 Å². The molecule has 2 saturated carbocycles. The summed E-state index contributed by atoms with van der Waals surface area (Å²) < 4.78 is 10.8. The zero-order valence-corrected chi connectivity index (χ0v) is 12.7. The number of hydrogen-bond donors (Lipinski definition) is 1. The first-order valence-electron chi connectivity index (χ1n) is 7.65. The molecule has 1 N–H and O–H groups in total. The molecule has 1 aromatic carbocycles. The zero-order valence-electron chi connectivity index (χ0n) is 12.7. The third-order valence-electron chi connectivity index (χ3n) is 5.26. The molecule has 3 rings (SSSR count). The van der Waals surface area contributed by atoms with E-state index in [9.17, 15) is 0 Å². The largest absolute Gasteiger partial charge is 0.497 e. The zero-order chi connectivity index (χ0) is 14.1. The number of fused-ring (bicyclic) bond motifs is 2. The molecule has 0 radical (unpaired) electrons. The van der Waals surface area contributed by atoms with Crippen LogP contribution in [0, 0.1) is 17.8 Å². The Morgan fingerprint density at radius 1 is 1.05 bits per heavy atom. The fourth-order valence-corrected chi connectivity index (χ4v) is 4.34. The molecule has 2 aliphatic carbocycles. The van der Waals surface area contributed by atoms with Crippen LogP contribution in [0.2, 0.25) is 0 Å². The van der Waals surface area contributed by atoms with E-state index in [0.717, 1.165) is 29.3 Å². The van der Waals surface area contributed by atoms with E-state index in [1.54, 1.807) is 14.2 Å². The van der Waals surface area contributed by atoms with Gasteiger partial charge in [-0.3, -0.25) is 0 Å². The molecule has 4 atom stereocenters. The molecule has 110 valence electrons. The number of benzene rings is 1. The molecule has 2 fully saturated rings. The average molecular weight is 275 g/mol. The molecule has 0 aromatic heterocycles. The maximum atomic E-state index is 5.41. The van der Waals surface area contributed by atoms with E-state index in [-0.39, 0.29) is 0 Å². The second kappa shape index (κ2) is 5.65. The van der Waals surface area contributed by atoms with Gasteiger partial charge in [-0.15, -0.1) is 0 Å². The predicted molar refractivity (Wildman–Crippen MR) is 80.3 cm³/mol. The van der Waals surface area contributed by atoms with Crippen molar-refractivity contribution in [1.29, 1.82) is 0 Å². The Kier molecular flexibility index (Phi) is 3.88. The summed E-state index contributed by atoms with van der Waals surface area (Å²) in [6.07, 6.45) is 5.66. The maximum Gasteiger partial charge on any atom is 0.122 e. The lowest BCUT2D eigenvalue weighted by Gasteiger charge is -2.31. The highest BCUT2D eigenvalue weighted by Gasteiger charge is 2.43. The normalized spacial score (nSPS) is 29.4. The van der Waals surface area contributed by atoms with Crippen LogP contribution in [0.1, 0.15) is 37.3 Å². The standard InChI is InChI=1S/C17H25NO2/c1-18-17(16-7-11-4-5-12(16)6-11)13-8-14(19-2)10-15(9-13)20-3/h8-12,16-18H,4-7H2,1-3H3. The van der Waals surface area contributed by atoms with Crippen LogP contribution < -0.4 is 14.8 Å². The van der Waals surface area contributed by atoms with Gasteiger partial charge in [-0.25, -0.2) is 0 Å². The highest BCUT2D eigenvalue weighted by atomic mass is 16.5. The minimum atomic E-state index is 0.411. The second-order valence-electron chi connectivity index (χ2n) is 6.25. The van der Waals surface area contributed by atoms with Gasteiger partial charge in [0.25, 0.3) is 0 Å². The van der Waals surface area contributed by atoms with Crippen LogP contribution in [0.3, 0.4) is 0 Å². The van der Waals surface area contributed by atoms with E-state index >= 15 is 0 Å². The van der Waals surface area contributed by atoms with Gasteiger partial charge >= 0.3 is 0 Å². The van der Waals surface area contributed by atoms with Crippen LogP contribution in [0.25, 0.3) is 0 Å². The van der Waals surface area contributed by atoms with Crippen molar-refractivity contribution in [3.8, 4) is 11.5 Å². The highest BCUT2D eigenvalue weighted by Crippen LogP contribution is 2.52. The summed E-state index contributed by atoms with van der Waals surface area (Å²) in [5.74, 6) is 4.38. The molecule has 0 amide bonds. The Labute approximate surface area is 121 Å². The van der Waals surface area contributed by atoms with E-state index in [0.29, 0.717) is 6.04 Å². The number of hydrogen-bond acceptors (Lipinski definition) is 3. The summed E-state index contributed by atoms with van der Waals surface area (Å²) in [4.78, 5) is 0. The van der Waals surface area contributed by atoms with Gasteiger partial charge in [-0.05, 0) is 61.8 Å². The van der Waals surface area contributed by atoms with Crippen LogP contribution in [-0.2, 0) is 0 Å². The summed E-state index contributed by atoms with van der Waals surface area (Å²) in [5.41, 5.74) is 1.29. The van der Waals surface area contributed by atoms with E-state index in [1.807, 2.05) is 6.07 Å². The molecule has 1 aromatic rings. The van der Waals surface area contributed by atoms with Gasteiger partial charge < -0.3 is 14.8 Å². The lowest BCUT2D eigenvalue weighted by molar-refractivity contribution is 0.258. The summed E-state index contributed by atoms with van der Waals surface area (Å²) >= 11 is 0. The molecular formula is C17H25NO2. The predicted octanol–water partition coefficient (Wildman–Crippen LogP) is 3.40. The van der Waals surface area contributed by atoms with Crippen molar-refractivity contribution in [2.75, 3.05) is 21.3 Å². The quantitative estimate of drug-likeness (QED) is 0.893. The van der Waals surface area contributed by atoms with Gasteiger partial charge in [0.05, 0.1) is 14.2 Å². The van der Waals surface area contributed by atoms with Gasteiger partial charge in [0.1, 0.15) is 11.5 Å². The molecule has 3 nitrogen and oxygen atoms in total. The summed E-state index contributed by atoms with van der Waals surface area (Å²) in [6.45, 7) is 0. The molecule has 0 saturated heterocycles. The molecule has 2 aliphatic rings.